The molecule has 0 bridgehead atoms. The van der Waals surface area contributed by atoms with Gasteiger partial charge in [0.05, 0.1) is 10.9 Å². The fourth-order valence-corrected chi connectivity index (χ4v) is 4.32. The van der Waals surface area contributed by atoms with E-state index in [0.29, 0.717) is 14.9 Å². The number of ether oxygens (including phenoxy) is 1. The smallest absolute Gasteiger partial charge is 0.407 e. The zero-order chi connectivity index (χ0) is 21.3. The molecule has 154 valence electrons. The van der Waals surface area contributed by atoms with Crippen LogP contribution in [-0.2, 0) is 9.53 Å². The first-order valence-electron chi connectivity index (χ1n) is 9.22. The van der Waals surface area contributed by atoms with Gasteiger partial charge in [0.15, 0.2) is 4.67 Å². The summed E-state index contributed by atoms with van der Waals surface area (Å²) < 4.78 is 12.0. The van der Waals surface area contributed by atoms with Crippen LogP contribution < -0.4 is 5.32 Å². The molecule has 8 heteroatoms. The Kier molecular flexibility index (Phi) is 5.97. The molecule has 2 N–H and O–H groups in total. The predicted octanol–water partition coefficient (Wildman–Crippen LogP) is 5.86. The summed E-state index contributed by atoms with van der Waals surface area (Å²) in [5, 5.41) is 11.8. The van der Waals surface area contributed by atoms with E-state index in [-0.39, 0.29) is 18.9 Å². The lowest BCUT2D eigenvalue weighted by Crippen LogP contribution is -2.31. The predicted molar refractivity (Wildman–Crippen MR) is 117 cm³/mol. The molecule has 6 nitrogen and oxygen atoms in total. The van der Waals surface area contributed by atoms with Gasteiger partial charge in [0.1, 0.15) is 18.4 Å². The third-order valence-electron chi connectivity index (χ3n) is 5.02. The van der Waals surface area contributed by atoms with Gasteiger partial charge in [0.25, 0.3) is 0 Å². The molecule has 1 aromatic heterocycles. The van der Waals surface area contributed by atoms with Crippen LogP contribution in [0.4, 0.5) is 4.79 Å². The summed E-state index contributed by atoms with van der Waals surface area (Å²) in [4.78, 5) is 23.7. The van der Waals surface area contributed by atoms with Crippen molar-refractivity contribution in [3.63, 3.8) is 0 Å². The van der Waals surface area contributed by atoms with E-state index in [1.165, 1.54) is 0 Å². The molecule has 1 heterocycles. The number of halogens is 2. The number of alkyl carbamates (subject to hydrolysis) is 1. The standard InChI is InChI=1S/C22H17Br2NO5/c23-17-9-19(30-21(17)24)18(10-20(26)27)25-22(28)29-11-16-14-7-3-1-5-12(14)13-6-2-4-8-15(13)16/h1-9,16,18H,10-11H2,(H,25,28)(H,26,27). The van der Waals surface area contributed by atoms with Gasteiger partial charge in [-0.3, -0.25) is 4.79 Å². The molecule has 0 fully saturated rings. The fraction of sp³-hybridized carbons (Fsp3) is 0.182. The van der Waals surface area contributed by atoms with Crippen molar-refractivity contribution < 1.29 is 23.8 Å². The monoisotopic (exact) mass is 533 g/mol. The van der Waals surface area contributed by atoms with Gasteiger partial charge in [0.2, 0.25) is 0 Å². The van der Waals surface area contributed by atoms with Crippen molar-refractivity contribution in [3.8, 4) is 11.1 Å². The van der Waals surface area contributed by atoms with E-state index in [2.05, 4.69) is 49.3 Å². The van der Waals surface area contributed by atoms with Crippen LogP contribution in [0.5, 0.6) is 0 Å². The highest BCUT2D eigenvalue weighted by atomic mass is 79.9. The molecule has 2 aromatic carbocycles. The maximum Gasteiger partial charge on any atom is 0.407 e. The number of benzene rings is 2. The summed E-state index contributed by atoms with van der Waals surface area (Å²) in [5.74, 6) is -0.833. The second-order valence-corrected chi connectivity index (χ2v) is 8.47. The lowest BCUT2D eigenvalue weighted by Gasteiger charge is -2.17. The quantitative estimate of drug-likeness (QED) is 0.413. The van der Waals surface area contributed by atoms with Gasteiger partial charge >= 0.3 is 12.1 Å². The van der Waals surface area contributed by atoms with Crippen LogP contribution in [0, 0.1) is 0 Å². The molecule has 4 rings (SSSR count). The van der Waals surface area contributed by atoms with Gasteiger partial charge < -0.3 is 19.6 Å². The summed E-state index contributed by atoms with van der Waals surface area (Å²) >= 11 is 6.51. The van der Waals surface area contributed by atoms with Crippen LogP contribution in [0.15, 0.2) is 68.2 Å². The molecule has 1 atom stereocenters. The molecule has 0 radical (unpaired) electrons. The molecule has 3 aromatic rings. The first-order chi connectivity index (χ1) is 14.4. The largest absolute Gasteiger partial charge is 0.481 e. The van der Waals surface area contributed by atoms with E-state index >= 15 is 0 Å². The van der Waals surface area contributed by atoms with Crippen LogP contribution >= 0.6 is 31.9 Å². The van der Waals surface area contributed by atoms with E-state index in [9.17, 15) is 14.7 Å². The summed E-state index contributed by atoms with van der Waals surface area (Å²) in [6, 6.07) is 16.8. The lowest BCUT2D eigenvalue weighted by molar-refractivity contribution is -0.137. The Morgan fingerprint density at radius 2 is 1.67 bits per heavy atom. The van der Waals surface area contributed by atoms with E-state index in [1.54, 1.807) is 6.07 Å². The number of hydrogen-bond donors (Lipinski definition) is 2. The average Bonchev–Trinajstić information content (AvgIpc) is 3.23. The molecule has 0 saturated heterocycles. The minimum Gasteiger partial charge on any atom is -0.481 e. The Hall–Kier alpha value is -2.58. The van der Waals surface area contributed by atoms with Crippen molar-refractivity contribution in [2.75, 3.05) is 6.61 Å². The first kappa shape index (κ1) is 20.7. The molecule has 1 aliphatic rings. The number of aliphatic carboxylic acids is 1. The van der Waals surface area contributed by atoms with E-state index in [0.717, 1.165) is 22.3 Å². The number of fused-ring (bicyclic) bond motifs is 3. The van der Waals surface area contributed by atoms with E-state index in [4.69, 9.17) is 9.15 Å². The molecule has 1 amide bonds. The number of rotatable bonds is 6. The van der Waals surface area contributed by atoms with Crippen molar-refractivity contribution in [2.45, 2.75) is 18.4 Å². The zero-order valence-corrected chi connectivity index (χ0v) is 18.8. The molecule has 0 spiro atoms. The molecule has 1 unspecified atom stereocenters. The number of furan rings is 1. The second-order valence-electron chi connectivity index (χ2n) is 6.89. The van der Waals surface area contributed by atoms with Crippen molar-refractivity contribution in [2.24, 2.45) is 0 Å². The Balaban J connectivity index is 1.48. The number of nitrogens with one attached hydrogen (secondary N) is 1. The molecule has 0 saturated carbocycles. The highest BCUT2D eigenvalue weighted by Gasteiger charge is 2.30. The fourth-order valence-electron chi connectivity index (χ4n) is 3.71. The Labute approximate surface area is 189 Å². The zero-order valence-electron chi connectivity index (χ0n) is 15.6. The topological polar surface area (TPSA) is 88.8 Å². The first-order valence-corrected chi connectivity index (χ1v) is 10.8. The number of carbonyl (C=O) groups excluding carboxylic acids is 1. The van der Waals surface area contributed by atoms with Gasteiger partial charge in [-0.2, -0.15) is 0 Å². The third-order valence-corrected chi connectivity index (χ3v) is 6.73. The minimum atomic E-state index is -1.07. The number of carboxylic acid groups (broad SMARTS) is 1. The van der Waals surface area contributed by atoms with Crippen LogP contribution in [0.1, 0.15) is 35.3 Å². The van der Waals surface area contributed by atoms with Gasteiger partial charge in [-0.15, -0.1) is 0 Å². The summed E-state index contributed by atoms with van der Waals surface area (Å²) in [5.41, 5.74) is 4.48. The van der Waals surface area contributed by atoms with Crippen molar-refractivity contribution in [3.05, 3.63) is 80.6 Å². The second kappa shape index (κ2) is 8.65. The summed E-state index contributed by atoms with van der Waals surface area (Å²) in [6.45, 7) is 0.144. The number of carbonyl (C=O) groups is 2. The highest BCUT2D eigenvalue weighted by molar-refractivity contribution is 9.13. The Bertz CT molecular complexity index is 1050. The molecular weight excluding hydrogens is 518 g/mol. The summed E-state index contributed by atoms with van der Waals surface area (Å²) in [7, 11) is 0. The SMILES string of the molecule is O=C(O)CC(NC(=O)OCC1c2ccccc2-c2ccccc21)c1cc(Br)c(Br)o1. The van der Waals surface area contributed by atoms with E-state index < -0.39 is 18.1 Å². The third kappa shape index (κ3) is 4.15. The van der Waals surface area contributed by atoms with Crippen molar-refractivity contribution >= 4 is 43.9 Å². The van der Waals surface area contributed by atoms with Crippen molar-refractivity contribution in [1.29, 1.82) is 0 Å². The van der Waals surface area contributed by atoms with Crippen LogP contribution in [0.25, 0.3) is 11.1 Å². The van der Waals surface area contributed by atoms with Crippen LogP contribution in [0.3, 0.4) is 0 Å². The van der Waals surface area contributed by atoms with Gasteiger partial charge in [-0.05, 0) is 60.2 Å². The van der Waals surface area contributed by atoms with Crippen molar-refractivity contribution in [1.82, 2.24) is 5.32 Å². The van der Waals surface area contributed by atoms with Gasteiger partial charge in [0, 0.05) is 5.92 Å². The molecule has 0 aliphatic heterocycles. The van der Waals surface area contributed by atoms with Gasteiger partial charge in [-0.1, -0.05) is 48.5 Å². The maximum atomic E-state index is 12.5. The molecule has 1 aliphatic carbocycles. The van der Waals surface area contributed by atoms with Crippen LogP contribution in [0.2, 0.25) is 0 Å². The van der Waals surface area contributed by atoms with E-state index in [1.807, 2.05) is 36.4 Å². The summed E-state index contributed by atoms with van der Waals surface area (Å²) in [6.07, 6.45) is -1.04. The normalized spacial score (nSPS) is 13.4. The Morgan fingerprint density at radius 3 is 2.20 bits per heavy atom. The highest BCUT2D eigenvalue weighted by Crippen LogP contribution is 2.44. The molecular formula is C22H17Br2NO5. The maximum absolute atomic E-state index is 12.5. The minimum absolute atomic E-state index is 0.0759. The average molecular weight is 535 g/mol. The van der Waals surface area contributed by atoms with Crippen LogP contribution in [-0.4, -0.2) is 23.8 Å². The lowest BCUT2D eigenvalue weighted by atomic mass is 9.98. The Morgan fingerprint density at radius 1 is 1.07 bits per heavy atom. The number of amides is 1. The number of hydrogen-bond acceptors (Lipinski definition) is 4. The number of carboxylic acids is 1. The molecule has 30 heavy (non-hydrogen) atoms. The van der Waals surface area contributed by atoms with Gasteiger partial charge in [-0.25, -0.2) is 4.79 Å².